The Hall–Kier alpha value is -0.240. The van der Waals surface area contributed by atoms with E-state index in [1.807, 2.05) is 7.05 Å². The highest BCUT2D eigenvalue weighted by molar-refractivity contribution is 4.70. The molecule has 6 nitrogen and oxygen atoms in total. The lowest BCUT2D eigenvalue weighted by Crippen LogP contribution is -2.37. The van der Waals surface area contributed by atoms with Crippen molar-refractivity contribution in [2.45, 2.75) is 63.8 Å². The fourth-order valence-corrected chi connectivity index (χ4v) is 3.45. The predicted octanol–water partition coefficient (Wildman–Crippen LogP) is 0.609. The molecule has 0 radical (unpaired) electrons. The number of aliphatic hydroxyl groups is 3. The monoisotopic (exact) mass is 359 g/mol. The van der Waals surface area contributed by atoms with Crippen LogP contribution >= 0.6 is 0 Å². The van der Waals surface area contributed by atoms with E-state index < -0.39 is 0 Å². The van der Waals surface area contributed by atoms with E-state index in [1.165, 1.54) is 6.54 Å². The van der Waals surface area contributed by atoms with Gasteiger partial charge in [-0.25, -0.2) is 0 Å². The third kappa shape index (κ3) is 11.2. The largest absolute Gasteiger partial charge is 0.393 e. The van der Waals surface area contributed by atoms with Crippen LogP contribution in [0.15, 0.2) is 0 Å². The third-order valence-corrected chi connectivity index (χ3v) is 5.22. The number of rotatable bonds is 1. The van der Waals surface area contributed by atoms with Crippen LogP contribution in [0.3, 0.4) is 0 Å². The van der Waals surface area contributed by atoms with E-state index in [-0.39, 0.29) is 18.3 Å². The van der Waals surface area contributed by atoms with Crippen molar-refractivity contribution < 1.29 is 15.3 Å². The maximum atomic E-state index is 9.17. The maximum Gasteiger partial charge on any atom is 0.0667 e. The zero-order valence-corrected chi connectivity index (χ0v) is 16.6. The quantitative estimate of drug-likeness (QED) is 0.637. The molecular formula is C19H41N3O3. The van der Waals surface area contributed by atoms with Crippen molar-refractivity contribution in [3.63, 3.8) is 0 Å². The van der Waals surface area contributed by atoms with E-state index in [0.717, 1.165) is 77.8 Å². The summed E-state index contributed by atoms with van der Waals surface area (Å²) in [5.41, 5.74) is 0. The lowest BCUT2D eigenvalue weighted by molar-refractivity contribution is 0.0737. The van der Waals surface area contributed by atoms with Crippen LogP contribution < -0.4 is 0 Å². The fourth-order valence-electron chi connectivity index (χ4n) is 3.45. The van der Waals surface area contributed by atoms with E-state index >= 15 is 0 Å². The summed E-state index contributed by atoms with van der Waals surface area (Å²) in [6, 6.07) is 0. The molecule has 3 aliphatic rings. The van der Waals surface area contributed by atoms with Gasteiger partial charge >= 0.3 is 0 Å². The number of aliphatic hydroxyl groups excluding tert-OH is 3. The van der Waals surface area contributed by atoms with Crippen LogP contribution in [-0.2, 0) is 0 Å². The topological polar surface area (TPSA) is 70.4 Å². The van der Waals surface area contributed by atoms with Gasteiger partial charge in [0, 0.05) is 26.2 Å². The Morgan fingerprint density at radius 2 is 1.24 bits per heavy atom. The first-order chi connectivity index (χ1) is 11.9. The Labute approximate surface area is 154 Å². The SMILES string of the molecule is CCN1CCCC(O)C1.CN1CCC(O)CC1.CN1CCCC(O)C1. The van der Waals surface area contributed by atoms with Crippen molar-refractivity contribution in [2.24, 2.45) is 0 Å². The molecule has 0 aromatic heterocycles. The Morgan fingerprint density at radius 3 is 1.60 bits per heavy atom. The van der Waals surface area contributed by atoms with Gasteiger partial charge in [-0.15, -0.1) is 0 Å². The van der Waals surface area contributed by atoms with Crippen molar-refractivity contribution in [1.82, 2.24) is 14.7 Å². The van der Waals surface area contributed by atoms with Gasteiger partial charge in [0.1, 0.15) is 0 Å². The summed E-state index contributed by atoms with van der Waals surface area (Å²) in [4.78, 5) is 6.69. The average Bonchev–Trinajstić information content (AvgIpc) is 2.58. The molecule has 3 fully saturated rings. The van der Waals surface area contributed by atoms with Crippen LogP contribution in [0.2, 0.25) is 0 Å². The van der Waals surface area contributed by atoms with Crippen LogP contribution in [0.25, 0.3) is 0 Å². The third-order valence-electron chi connectivity index (χ3n) is 5.22. The number of hydrogen-bond donors (Lipinski definition) is 3. The molecule has 0 saturated carbocycles. The average molecular weight is 360 g/mol. The minimum Gasteiger partial charge on any atom is -0.393 e. The zero-order valence-electron chi connectivity index (χ0n) is 16.6. The first-order valence-corrected chi connectivity index (χ1v) is 10.0. The van der Waals surface area contributed by atoms with Crippen molar-refractivity contribution in [3.8, 4) is 0 Å². The molecule has 3 rings (SSSR count). The van der Waals surface area contributed by atoms with Crippen molar-refractivity contribution in [3.05, 3.63) is 0 Å². The highest BCUT2D eigenvalue weighted by Crippen LogP contribution is 2.08. The second kappa shape index (κ2) is 13.0. The molecule has 0 aromatic carbocycles. The summed E-state index contributed by atoms with van der Waals surface area (Å²) in [6.45, 7) is 9.40. The van der Waals surface area contributed by atoms with Crippen LogP contribution in [0, 0.1) is 0 Å². The summed E-state index contributed by atoms with van der Waals surface area (Å²) in [7, 11) is 4.13. The Bertz CT molecular complexity index is 307. The molecule has 3 aliphatic heterocycles. The molecule has 3 N–H and O–H groups in total. The van der Waals surface area contributed by atoms with Gasteiger partial charge in [-0.2, -0.15) is 0 Å². The second-order valence-corrected chi connectivity index (χ2v) is 7.78. The molecule has 0 amide bonds. The lowest BCUT2D eigenvalue weighted by Gasteiger charge is -2.28. The Balaban J connectivity index is 0.000000188. The van der Waals surface area contributed by atoms with Gasteiger partial charge in [-0.05, 0) is 72.3 Å². The van der Waals surface area contributed by atoms with Crippen LogP contribution in [0.5, 0.6) is 0 Å². The molecule has 0 spiro atoms. The van der Waals surface area contributed by atoms with E-state index in [9.17, 15) is 0 Å². The predicted molar refractivity (Wildman–Crippen MR) is 103 cm³/mol. The van der Waals surface area contributed by atoms with Crippen molar-refractivity contribution in [1.29, 1.82) is 0 Å². The van der Waals surface area contributed by atoms with Crippen molar-refractivity contribution >= 4 is 0 Å². The first kappa shape index (κ1) is 22.8. The molecular weight excluding hydrogens is 318 g/mol. The minimum atomic E-state index is -0.0613. The molecule has 3 saturated heterocycles. The van der Waals surface area contributed by atoms with Crippen LogP contribution in [0.4, 0.5) is 0 Å². The zero-order chi connectivity index (χ0) is 18.7. The number of piperidine rings is 3. The van der Waals surface area contributed by atoms with Gasteiger partial charge in [0.15, 0.2) is 0 Å². The molecule has 0 bridgehead atoms. The fraction of sp³-hybridized carbons (Fsp3) is 1.00. The molecule has 3 heterocycles. The van der Waals surface area contributed by atoms with Gasteiger partial charge in [0.2, 0.25) is 0 Å². The first-order valence-electron chi connectivity index (χ1n) is 10.0. The van der Waals surface area contributed by atoms with Gasteiger partial charge < -0.3 is 30.0 Å². The second-order valence-electron chi connectivity index (χ2n) is 7.78. The number of likely N-dealkylation sites (N-methyl/N-ethyl adjacent to an activating group) is 2. The van der Waals surface area contributed by atoms with Gasteiger partial charge in [-0.1, -0.05) is 6.92 Å². The van der Waals surface area contributed by atoms with Crippen LogP contribution in [-0.4, -0.2) is 108 Å². The molecule has 2 atom stereocenters. The molecule has 0 aromatic rings. The smallest absolute Gasteiger partial charge is 0.0667 e. The standard InChI is InChI=1S/C7H15NO.2C6H13NO/c1-2-8-5-3-4-7(9)6-8;1-7-4-2-6(8)3-5-7;1-7-4-2-3-6(8)5-7/h7,9H,2-6H2,1H3;2*6,8H,2-5H2,1H3. The summed E-state index contributed by atoms with van der Waals surface area (Å²) in [6.07, 6.45) is 6.07. The molecule has 0 aliphatic carbocycles. The lowest BCUT2D eigenvalue weighted by atomic mass is 10.1. The summed E-state index contributed by atoms with van der Waals surface area (Å²) in [5, 5.41) is 27.2. The summed E-state index contributed by atoms with van der Waals surface area (Å²) < 4.78 is 0. The maximum absolute atomic E-state index is 9.17. The minimum absolute atomic E-state index is 0.0220. The number of β-amino-alcohol motifs (C(OH)–C–C–N with tert-alkyl or cyclic N) is 2. The summed E-state index contributed by atoms with van der Waals surface area (Å²) in [5.74, 6) is 0. The number of hydrogen-bond acceptors (Lipinski definition) is 6. The van der Waals surface area contributed by atoms with Gasteiger partial charge in [-0.3, -0.25) is 0 Å². The Kier molecular flexibility index (Phi) is 11.9. The Morgan fingerprint density at radius 1 is 0.680 bits per heavy atom. The number of nitrogens with zero attached hydrogens (tertiary/aromatic N) is 3. The van der Waals surface area contributed by atoms with E-state index in [0.29, 0.717) is 0 Å². The van der Waals surface area contributed by atoms with E-state index in [2.05, 4.69) is 28.7 Å². The molecule has 25 heavy (non-hydrogen) atoms. The van der Waals surface area contributed by atoms with Gasteiger partial charge in [0.25, 0.3) is 0 Å². The number of likely N-dealkylation sites (tertiary alicyclic amines) is 3. The van der Waals surface area contributed by atoms with E-state index in [1.54, 1.807) is 0 Å². The normalized spacial score (nSPS) is 30.0. The molecule has 2 unspecified atom stereocenters. The highest BCUT2D eigenvalue weighted by Gasteiger charge is 2.15. The van der Waals surface area contributed by atoms with Gasteiger partial charge in [0.05, 0.1) is 18.3 Å². The molecule has 150 valence electrons. The summed E-state index contributed by atoms with van der Waals surface area (Å²) >= 11 is 0. The highest BCUT2D eigenvalue weighted by atomic mass is 16.3. The van der Waals surface area contributed by atoms with Crippen LogP contribution in [0.1, 0.15) is 45.4 Å². The van der Waals surface area contributed by atoms with Crippen molar-refractivity contribution in [2.75, 3.05) is 59.9 Å². The molecule has 6 heteroatoms. The van der Waals surface area contributed by atoms with E-state index in [4.69, 9.17) is 15.3 Å².